The molecule has 3 fully saturated rings. The number of amides is 6. The van der Waals surface area contributed by atoms with Crippen LogP contribution in [-0.4, -0.2) is 102 Å². The molecular formula is C35H48N6O8S. The van der Waals surface area contributed by atoms with E-state index < -0.39 is 80.2 Å². The summed E-state index contributed by atoms with van der Waals surface area (Å²) in [5.41, 5.74) is 0.933. The maximum Gasteiger partial charge on any atom is 0.410 e. The first kappa shape index (κ1) is 35.7. The molecule has 0 spiro atoms. The van der Waals surface area contributed by atoms with Crippen LogP contribution < -0.4 is 15.4 Å². The van der Waals surface area contributed by atoms with E-state index in [1.165, 1.54) is 11.0 Å². The molecule has 3 N–H and O–H groups in total. The van der Waals surface area contributed by atoms with Gasteiger partial charge in [0.15, 0.2) is 0 Å². The maximum absolute atomic E-state index is 14.4. The fourth-order valence-electron chi connectivity index (χ4n) is 7.28. The van der Waals surface area contributed by atoms with Gasteiger partial charge in [0.2, 0.25) is 21.8 Å². The number of carbonyl (C=O) groups excluding carboxylic acids is 5. The molecule has 6 rings (SSSR count). The first-order chi connectivity index (χ1) is 23.5. The second-order valence-corrected chi connectivity index (χ2v) is 17.4. The molecule has 5 atom stereocenters. The molecule has 6 amide bonds. The summed E-state index contributed by atoms with van der Waals surface area (Å²) >= 11 is 0. The molecule has 4 bridgehead atoms. The van der Waals surface area contributed by atoms with E-state index in [4.69, 9.17) is 4.74 Å². The first-order valence-corrected chi connectivity index (χ1v) is 19.0. The van der Waals surface area contributed by atoms with Crippen molar-refractivity contribution in [2.75, 3.05) is 20.1 Å². The summed E-state index contributed by atoms with van der Waals surface area (Å²) in [5, 5.41) is 5.00. The van der Waals surface area contributed by atoms with Crippen molar-refractivity contribution in [2.45, 2.75) is 108 Å². The van der Waals surface area contributed by atoms with Gasteiger partial charge in [0.05, 0.1) is 11.8 Å². The number of benzene rings is 1. The molecule has 2 saturated carbocycles. The molecule has 1 aromatic rings. The molecule has 14 nitrogen and oxygen atoms in total. The number of nitrogens with one attached hydrogen (secondary N) is 3. The number of urea groups is 1. The summed E-state index contributed by atoms with van der Waals surface area (Å²) in [4.78, 5) is 73.4. The molecule has 15 heteroatoms. The minimum atomic E-state index is -3.90. The standard InChI is InChI=1S/C35H48N6O8S/c1-6-23-17-35(23,31(44)38-50(47,48)25-13-14-25)37-29(42)27-16-24-19-41(27)30(43)28(34(2,3)4)36-32(45)39(5)15-8-7-10-21-11-9-12-22-18-40(20-26(21)22)33(46)49-24/h6,9,11-12,23-25,27-28H,1,7-8,10,13-20H2,2-5H3,(H,36,45)(H,37,42)(H,38,44)/t23-,24+,27-,28+,35+/m0/s1. The molecule has 5 aliphatic rings. The highest BCUT2D eigenvalue weighted by Crippen LogP contribution is 2.45. The van der Waals surface area contributed by atoms with E-state index in [2.05, 4.69) is 28.0 Å². The Bertz CT molecular complexity index is 1700. The van der Waals surface area contributed by atoms with Crippen LogP contribution in [0.1, 0.15) is 76.0 Å². The Morgan fingerprint density at radius 3 is 2.48 bits per heavy atom. The SMILES string of the molecule is C=C[C@H]1C[C@]1(NC(=O)[C@@H]1C[C@@H]2CN1C(=O)[C@H](C(C)(C)C)NC(=O)N(C)CCCCc1cccc3c1CN(C3)C(=O)O2)C(=O)NS(=O)(=O)C1CC1. The predicted molar refractivity (Wildman–Crippen MR) is 183 cm³/mol. The van der Waals surface area contributed by atoms with Crippen LogP contribution in [0.5, 0.6) is 0 Å². The van der Waals surface area contributed by atoms with Gasteiger partial charge >= 0.3 is 12.1 Å². The number of carbonyl (C=O) groups is 5. The summed E-state index contributed by atoms with van der Waals surface area (Å²) in [6, 6.07) is 3.37. The average Bonchev–Trinajstić information content (AvgIpc) is 3.94. The van der Waals surface area contributed by atoms with Crippen LogP contribution in [0, 0.1) is 11.3 Å². The lowest BCUT2D eigenvalue weighted by Gasteiger charge is -2.36. The largest absolute Gasteiger partial charge is 0.444 e. The van der Waals surface area contributed by atoms with Crippen LogP contribution >= 0.6 is 0 Å². The van der Waals surface area contributed by atoms with Crippen molar-refractivity contribution < 1.29 is 37.1 Å². The second kappa shape index (κ2) is 13.2. The van der Waals surface area contributed by atoms with E-state index in [0.29, 0.717) is 32.5 Å². The van der Waals surface area contributed by atoms with E-state index in [0.717, 1.165) is 36.0 Å². The molecule has 2 aliphatic carbocycles. The Morgan fingerprint density at radius 2 is 1.82 bits per heavy atom. The molecule has 1 saturated heterocycles. The predicted octanol–water partition coefficient (Wildman–Crippen LogP) is 2.17. The van der Waals surface area contributed by atoms with Gasteiger partial charge in [0.1, 0.15) is 23.7 Å². The number of nitrogens with zero attached hydrogens (tertiary/aromatic N) is 3. The highest BCUT2D eigenvalue weighted by molar-refractivity contribution is 7.91. The van der Waals surface area contributed by atoms with Gasteiger partial charge < -0.3 is 25.2 Å². The first-order valence-electron chi connectivity index (χ1n) is 17.4. The van der Waals surface area contributed by atoms with Crippen molar-refractivity contribution in [1.82, 2.24) is 30.1 Å². The number of hydrogen-bond donors (Lipinski definition) is 3. The molecular weight excluding hydrogens is 664 g/mol. The van der Waals surface area contributed by atoms with Gasteiger partial charge in [-0.3, -0.25) is 24.0 Å². The highest BCUT2D eigenvalue weighted by Gasteiger charge is 2.62. The van der Waals surface area contributed by atoms with Crippen molar-refractivity contribution in [3.8, 4) is 0 Å². The van der Waals surface area contributed by atoms with Gasteiger partial charge in [-0.1, -0.05) is 45.0 Å². The summed E-state index contributed by atoms with van der Waals surface area (Å²) in [6.07, 6.45) is 3.40. The number of fused-ring (bicyclic) bond motifs is 3. The Labute approximate surface area is 293 Å². The number of ether oxygens (including phenoxy) is 1. The molecule has 50 heavy (non-hydrogen) atoms. The molecule has 3 aliphatic heterocycles. The quantitative estimate of drug-likeness (QED) is 0.377. The zero-order valence-electron chi connectivity index (χ0n) is 29.2. The van der Waals surface area contributed by atoms with Crippen LogP contribution in [0.2, 0.25) is 0 Å². The molecule has 1 aromatic carbocycles. The molecule has 0 unspecified atom stereocenters. The number of aryl methyl sites for hydroxylation is 1. The Kier molecular flexibility index (Phi) is 9.42. The molecule has 272 valence electrons. The maximum atomic E-state index is 14.4. The zero-order chi connectivity index (χ0) is 36.2. The second-order valence-electron chi connectivity index (χ2n) is 15.5. The summed E-state index contributed by atoms with van der Waals surface area (Å²) < 4.78 is 33.4. The Balaban J connectivity index is 1.29. The number of rotatable bonds is 6. The zero-order valence-corrected chi connectivity index (χ0v) is 30.0. The van der Waals surface area contributed by atoms with Gasteiger partial charge in [-0.25, -0.2) is 18.0 Å². The monoisotopic (exact) mass is 712 g/mol. The van der Waals surface area contributed by atoms with Crippen LogP contribution in [0.25, 0.3) is 0 Å². The van der Waals surface area contributed by atoms with Crippen molar-refractivity contribution in [3.05, 3.63) is 47.5 Å². The molecule has 0 aromatic heterocycles. The van der Waals surface area contributed by atoms with E-state index >= 15 is 0 Å². The van der Waals surface area contributed by atoms with Gasteiger partial charge in [0.25, 0.3) is 5.91 Å². The number of sulfonamides is 1. The third-order valence-electron chi connectivity index (χ3n) is 10.6. The Morgan fingerprint density at radius 1 is 1.10 bits per heavy atom. The van der Waals surface area contributed by atoms with Crippen LogP contribution in [0.4, 0.5) is 9.59 Å². The fourth-order valence-corrected chi connectivity index (χ4v) is 8.64. The lowest BCUT2D eigenvalue weighted by molar-refractivity contribution is -0.142. The molecule has 0 radical (unpaired) electrons. The van der Waals surface area contributed by atoms with Gasteiger partial charge in [-0.2, -0.15) is 0 Å². The van der Waals surface area contributed by atoms with Crippen molar-refractivity contribution in [1.29, 1.82) is 0 Å². The lowest BCUT2D eigenvalue weighted by atomic mass is 9.85. The van der Waals surface area contributed by atoms with Crippen molar-refractivity contribution >= 4 is 39.9 Å². The normalized spacial score (nSPS) is 29.0. The minimum Gasteiger partial charge on any atom is -0.444 e. The molecule has 3 heterocycles. The average molecular weight is 713 g/mol. The third-order valence-corrected chi connectivity index (χ3v) is 12.4. The topological polar surface area (TPSA) is 175 Å². The van der Waals surface area contributed by atoms with E-state index in [1.807, 2.05) is 32.9 Å². The van der Waals surface area contributed by atoms with Crippen LogP contribution in [-0.2, 0) is 48.7 Å². The van der Waals surface area contributed by atoms with E-state index in [1.54, 1.807) is 16.8 Å². The Hall–Kier alpha value is -4.14. The van der Waals surface area contributed by atoms with Gasteiger partial charge in [-0.15, -0.1) is 6.58 Å². The lowest BCUT2D eigenvalue weighted by Crippen LogP contribution is -2.61. The highest BCUT2D eigenvalue weighted by atomic mass is 32.2. The summed E-state index contributed by atoms with van der Waals surface area (Å²) in [6.45, 7) is 10.3. The summed E-state index contributed by atoms with van der Waals surface area (Å²) in [5.74, 6) is -2.61. The minimum absolute atomic E-state index is 0.0586. The number of hydrogen-bond acceptors (Lipinski definition) is 8. The fraction of sp³-hybridized carbons (Fsp3) is 0.629. The summed E-state index contributed by atoms with van der Waals surface area (Å²) in [7, 11) is -2.22. The van der Waals surface area contributed by atoms with E-state index in [-0.39, 0.29) is 19.4 Å². The van der Waals surface area contributed by atoms with Crippen molar-refractivity contribution in [2.24, 2.45) is 11.3 Å². The van der Waals surface area contributed by atoms with Crippen molar-refractivity contribution in [3.63, 3.8) is 0 Å². The third kappa shape index (κ3) is 7.06. The van der Waals surface area contributed by atoms with Crippen LogP contribution in [0.15, 0.2) is 30.9 Å². The van der Waals surface area contributed by atoms with Gasteiger partial charge in [0, 0.05) is 39.0 Å². The smallest absolute Gasteiger partial charge is 0.410 e. The van der Waals surface area contributed by atoms with Crippen LogP contribution in [0.3, 0.4) is 0 Å². The van der Waals surface area contributed by atoms with Gasteiger partial charge in [-0.05, 0) is 60.6 Å². The van der Waals surface area contributed by atoms with E-state index in [9.17, 15) is 32.4 Å².